The van der Waals surface area contributed by atoms with Crippen molar-refractivity contribution in [3.63, 3.8) is 0 Å². The van der Waals surface area contributed by atoms with Gasteiger partial charge in [-0.3, -0.25) is 0 Å². The van der Waals surface area contributed by atoms with Gasteiger partial charge in [0.25, 0.3) is 0 Å². The third kappa shape index (κ3) is 2.96. The average molecular weight is 683 g/mol. The van der Waals surface area contributed by atoms with Crippen LogP contribution in [0.1, 0.15) is 102 Å². The largest absolute Gasteiger partial charge is 0.323 e. The van der Waals surface area contributed by atoms with Crippen LogP contribution in [0, 0.1) is 13.8 Å². The van der Waals surface area contributed by atoms with Gasteiger partial charge in [-0.15, -0.1) is 0 Å². The first kappa shape index (κ1) is 27.0. The lowest BCUT2D eigenvalue weighted by atomic mass is 9.53. The molecule has 0 atom stereocenters. The fourth-order valence-corrected chi connectivity index (χ4v) is 11.0. The van der Waals surface area contributed by atoms with Crippen LogP contribution in [-0.2, 0) is 0 Å². The number of nitrogens with one attached hydrogen (secondary N) is 8. The van der Waals surface area contributed by atoms with E-state index in [2.05, 4.69) is 102 Å². The second kappa shape index (κ2) is 8.37. The van der Waals surface area contributed by atoms with E-state index in [0.29, 0.717) is 0 Å². The van der Waals surface area contributed by atoms with Crippen molar-refractivity contribution in [2.24, 2.45) is 0 Å². The van der Waals surface area contributed by atoms with Crippen molar-refractivity contribution in [2.75, 3.05) is 0 Å². The van der Waals surface area contributed by atoms with Gasteiger partial charge in [0.15, 0.2) is 0 Å². The van der Waals surface area contributed by atoms with Crippen LogP contribution in [0.3, 0.4) is 0 Å². The molecule has 4 bridgehead atoms. The molecule has 4 heterocycles. The Balaban J connectivity index is 1.17. The first-order chi connectivity index (χ1) is 25.2. The second-order valence-electron chi connectivity index (χ2n) is 15.1. The van der Waals surface area contributed by atoms with Crippen molar-refractivity contribution in [2.45, 2.75) is 37.5 Å². The number of H-pyrrole nitrogens is 8. The lowest BCUT2D eigenvalue weighted by molar-refractivity contribution is 0.701. The quantitative estimate of drug-likeness (QED) is 0.112. The number of hydrogen-bond donors (Lipinski definition) is 8. The van der Waals surface area contributed by atoms with Gasteiger partial charge in [0.05, 0.1) is 44.1 Å². The SMILES string of the molecule is Cc1c2c(c(C)c3c1C1c4cc5[nH]c(=O)[nH]c5cc4C3c3cc4[nH]c(=O)[nH]c4cc31)C1c3cc4[nH]c(=O)[nH]c4cc3C2c2cc3[nH]c(=O)[nH]c3cc21. The van der Waals surface area contributed by atoms with Crippen LogP contribution < -0.4 is 22.8 Å². The molecule has 6 aliphatic carbocycles. The molecule has 0 radical (unpaired) electrons. The minimum absolute atomic E-state index is 0.147. The molecule has 15 rings (SSSR count). The molecule has 0 saturated heterocycles. The number of aromatic amines is 8. The number of hydrogen-bond acceptors (Lipinski definition) is 4. The van der Waals surface area contributed by atoms with Gasteiger partial charge in [-0.2, -0.15) is 0 Å². The highest BCUT2D eigenvalue weighted by Crippen LogP contribution is 2.64. The summed E-state index contributed by atoms with van der Waals surface area (Å²) in [5, 5.41) is 0. The highest BCUT2D eigenvalue weighted by molar-refractivity contribution is 5.89. The van der Waals surface area contributed by atoms with Crippen LogP contribution in [0.25, 0.3) is 44.1 Å². The first-order valence-electron chi connectivity index (χ1n) is 17.4. The third-order valence-corrected chi connectivity index (χ3v) is 12.7. The van der Waals surface area contributed by atoms with E-state index in [1.807, 2.05) is 0 Å². The van der Waals surface area contributed by atoms with E-state index in [4.69, 9.17) is 0 Å². The lowest BCUT2D eigenvalue weighted by Gasteiger charge is -2.49. The molecular weight excluding hydrogens is 656 g/mol. The van der Waals surface area contributed by atoms with Crippen molar-refractivity contribution in [3.05, 3.63) is 168 Å². The third-order valence-electron chi connectivity index (χ3n) is 12.7. The van der Waals surface area contributed by atoms with Crippen molar-refractivity contribution >= 4 is 44.1 Å². The van der Waals surface area contributed by atoms with Crippen LogP contribution in [-0.4, -0.2) is 39.9 Å². The van der Waals surface area contributed by atoms with Crippen molar-refractivity contribution < 1.29 is 0 Å². The summed E-state index contributed by atoms with van der Waals surface area (Å²) in [5.41, 5.74) is 21.8. The van der Waals surface area contributed by atoms with Gasteiger partial charge in [-0.25, -0.2) is 19.2 Å². The van der Waals surface area contributed by atoms with Crippen LogP contribution >= 0.6 is 0 Å². The minimum atomic E-state index is -0.240. The maximum absolute atomic E-state index is 12.5. The van der Waals surface area contributed by atoms with E-state index < -0.39 is 0 Å². The molecule has 4 aromatic heterocycles. The summed E-state index contributed by atoms with van der Waals surface area (Å²) in [7, 11) is 0. The van der Waals surface area contributed by atoms with Crippen molar-refractivity contribution in [3.8, 4) is 0 Å². The van der Waals surface area contributed by atoms with Crippen LogP contribution in [0.2, 0.25) is 0 Å². The van der Waals surface area contributed by atoms with Gasteiger partial charge in [-0.1, -0.05) is 0 Å². The maximum atomic E-state index is 12.5. The molecule has 12 nitrogen and oxygen atoms in total. The van der Waals surface area contributed by atoms with E-state index in [1.54, 1.807) is 0 Å². The normalized spacial score (nSPS) is 20.0. The molecule has 5 aromatic carbocycles. The van der Waals surface area contributed by atoms with E-state index >= 15 is 0 Å². The Morgan fingerprint density at radius 3 is 0.615 bits per heavy atom. The van der Waals surface area contributed by atoms with Gasteiger partial charge >= 0.3 is 22.8 Å². The summed E-state index contributed by atoms with van der Waals surface area (Å²) >= 11 is 0. The average Bonchev–Trinajstić information content (AvgIpc) is 3.87. The van der Waals surface area contributed by atoms with E-state index in [-0.39, 0.29) is 46.4 Å². The molecule has 6 aliphatic rings. The van der Waals surface area contributed by atoms with Gasteiger partial charge in [-0.05, 0) is 140 Å². The summed E-state index contributed by atoms with van der Waals surface area (Å²) in [6, 6.07) is 17.0. The number of benzene rings is 5. The molecule has 0 amide bonds. The highest BCUT2D eigenvalue weighted by Gasteiger charge is 2.50. The smallest absolute Gasteiger partial charge is 0.306 e. The zero-order valence-electron chi connectivity index (χ0n) is 27.6. The van der Waals surface area contributed by atoms with Gasteiger partial charge in [0.2, 0.25) is 0 Å². The van der Waals surface area contributed by atoms with Crippen LogP contribution in [0.15, 0.2) is 67.7 Å². The Hall–Kier alpha value is -6.82. The Kier molecular flexibility index (Phi) is 4.34. The summed E-state index contributed by atoms with van der Waals surface area (Å²) in [6.45, 7) is 4.50. The second-order valence-corrected chi connectivity index (χ2v) is 15.1. The molecule has 0 aliphatic heterocycles. The standard InChI is InChI=1S/C40H26N8O4/c1-11-29-31(35-17-7-25-21(41-37(49)45-25)3-13(17)33(29)14-4-22-26(8-18(14)35)46-38(50)42-22)12(2)32-30(11)34-15-5-23-27(47-39(51)43-23)9-19(15)36(32)20-10-28-24(6-16(20)34)44-40(52)48-28/h3-10,33-36H,1-2H3,(H2,41,45,49)(H2,42,46,50)(H2,43,47,51)(H2,44,48,52). The molecule has 0 saturated carbocycles. The van der Waals surface area contributed by atoms with Gasteiger partial charge in [0, 0.05) is 23.7 Å². The lowest BCUT2D eigenvalue weighted by Crippen LogP contribution is -2.35. The topological polar surface area (TPSA) is 195 Å². The predicted octanol–water partition coefficient (Wildman–Crippen LogP) is 4.96. The molecule has 0 unspecified atom stereocenters. The summed E-state index contributed by atoms with van der Waals surface area (Å²) in [4.78, 5) is 74.0. The molecule has 52 heavy (non-hydrogen) atoms. The maximum Gasteiger partial charge on any atom is 0.323 e. The minimum Gasteiger partial charge on any atom is -0.306 e. The summed E-state index contributed by atoms with van der Waals surface area (Å²) < 4.78 is 0. The zero-order valence-corrected chi connectivity index (χ0v) is 27.6. The summed E-state index contributed by atoms with van der Waals surface area (Å²) in [6.07, 6.45) is 0. The molecule has 12 heteroatoms. The van der Waals surface area contributed by atoms with E-state index in [0.717, 1.165) is 88.6 Å². The Morgan fingerprint density at radius 1 is 0.308 bits per heavy atom. The number of imidazole rings is 4. The van der Waals surface area contributed by atoms with Gasteiger partial charge in [0.1, 0.15) is 0 Å². The Morgan fingerprint density at radius 2 is 0.462 bits per heavy atom. The fourth-order valence-electron chi connectivity index (χ4n) is 11.0. The molecule has 250 valence electrons. The fraction of sp³-hybridized carbons (Fsp3) is 0.150. The predicted molar refractivity (Wildman–Crippen MR) is 195 cm³/mol. The summed E-state index contributed by atoms with van der Waals surface area (Å²) in [5.74, 6) is -0.589. The van der Waals surface area contributed by atoms with Crippen LogP contribution in [0.5, 0.6) is 0 Å². The monoisotopic (exact) mass is 682 g/mol. The zero-order chi connectivity index (χ0) is 34.6. The Bertz CT molecular complexity index is 2830. The van der Waals surface area contributed by atoms with Gasteiger partial charge < -0.3 is 39.9 Å². The first-order valence-corrected chi connectivity index (χ1v) is 17.4. The van der Waals surface area contributed by atoms with E-state index in [9.17, 15) is 19.2 Å². The Labute approximate surface area is 289 Å². The number of rotatable bonds is 0. The molecule has 0 spiro atoms. The van der Waals surface area contributed by atoms with Crippen molar-refractivity contribution in [1.29, 1.82) is 0 Å². The van der Waals surface area contributed by atoms with Crippen LogP contribution in [0.4, 0.5) is 0 Å². The number of fused-ring (bicyclic) bond motifs is 4. The van der Waals surface area contributed by atoms with Crippen molar-refractivity contribution in [1.82, 2.24) is 39.9 Å². The number of aromatic nitrogens is 8. The highest BCUT2D eigenvalue weighted by atomic mass is 16.2. The molecule has 9 aromatic rings. The molecule has 8 N–H and O–H groups in total. The molecular formula is C40H26N8O4. The van der Waals surface area contributed by atoms with E-state index in [1.165, 1.54) is 33.4 Å². The molecule has 0 fully saturated rings.